The molecule has 0 spiro atoms. The minimum absolute atomic E-state index is 0.0225. The molecule has 36 heavy (non-hydrogen) atoms. The average molecular weight is 501 g/mol. The van der Waals surface area contributed by atoms with E-state index in [1.165, 1.54) is 24.3 Å². The highest BCUT2D eigenvalue weighted by Gasteiger charge is 2.30. The van der Waals surface area contributed by atoms with Gasteiger partial charge in [-0.3, -0.25) is 24.0 Å². The molecule has 0 heterocycles. The summed E-state index contributed by atoms with van der Waals surface area (Å²) >= 11 is 0. The van der Waals surface area contributed by atoms with E-state index in [0.29, 0.717) is 5.56 Å². The normalized spacial score (nSPS) is 13.0. The molecular formula is C24H28N4O8. The molecule has 2 aromatic rings. The summed E-state index contributed by atoms with van der Waals surface area (Å²) in [5.41, 5.74) is 7.22. The molecular weight excluding hydrogens is 472 g/mol. The van der Waals surface area contributed by atoms with E-state index < -0.39 is 60.8 Å². The van der Waals surface area contributed by atoms with Gasteiger partial charge in [-0.2, -0.15) is 0 Å². The number of carbonyl (C=O) groups is 5. The van der Waals surface area contributed by atoms with Crippen LogP contribution in [0.3, 0.4) is 0 Å². The smallest absolute Gasteiger partial charge is 0.322 e. The molecule has 2 aromatic carbocycles. The van der Waals surface area contributed by atoms with E-state index in [0.717, 1.165) is 5.56 Å². The molecule has 3 atom stereocenters. The number of carboxylic acids is 2. The minimum Gasteiger partial charge on any atom is -0.508 e. The summed E-state index contributed by atoms with van der Waals surface area (Å²) < 4.78 is 0. The standard InChI is InChI=1S/C24H28N4O8/c25-17(10-14-4-2-1-3-5-14)22(34)27-19(12-20(30)31)24(36)28-18(23(35)26-13-21(32)33)11-15-6-8-16(29)9-7-15/h1-9,17-19,29H,10-13,25H2,(H,26,35)(H,27,34)(H,28,36)(H,30,31)(H,32,33). The predicted molar refractivity (Wildman–Crippen MR) is 127 cm³/mol. The van der Waals surface area contributed by atoms with Gasteiger partial charge in [-0.25, -0.2) is 0 Å². The van der Waals surface area contributed by atoms with Crippen LogP contribution in [-0.2, 0) is 36.8 Å². The van der Waals surface area contributed by atoms with Crippen molar-refractivity contribution in [3.05, 3.63) is 65.7 Å². The third-order valence-corrected chi connectivity index (χ3v) is 5.07. The SMILES string of the molecule is NC(Cc1ccccc1)C(=O)NC(CC(=O)O)C(=O)NC(Cc1ccc(O)cc1)C(=O)NCC(=O)O. The Labute approximate surface area is 206 Å². The van der Waals surface area contributed by atoms with Crippen molar-refractivity contribution >= 4 is 29.7 Å². The molecule has 0 aromatic heterocycles. The topological polar surface area (TPSA) is 208 Å². The number of phenols is 1. The van der Waals surface area contributed by atoms with E-state index in [1.54, 1.807) is 30.3 Å². The zero-order valence-corrected chi connectivity index (χ0v) is 19.2. The fourth-order valence-electron chi connectivity index (χ4n) is 3.26. The molecule has 0 saturated carbocycles. The highest BCUT2D eigenvalue weighted by molar-refractivity contribution is 5.95. The second-order valence-electron chi connectivity index (χ2n) is 8.00. The molecule has 0 fully saturated rings. The maximum Gasteiger partial charge on any atom is 0.322 e. The van der Waals surface area contributed by atoms with Crippen LogP contribution in [0.1, 0.15) is 17.5 Å². The van der Waals surface area contributed by atoms with Crippen molar-refractivity contribution in [3.63, 3.8) is 0 Å². The number of amides is 3. The Kier molecular flexibility index (Phi) is 10.4. The van der Waals surface area contributed by atoms with Gasteiger partial charge in [0.1, 0.15) is 24.4 Å². The van der Waals surface area contributed by atoms with E-state index in [9.17, 15) is 34.2 Å². The lowest BCUT2D eigenvalue weighted by atomic mass is 10.0. The fourth-order valence-corrected chi connectivity index (χ4v) is 3.26. The summed E-state index contributed by atoms with van der Waals surface area (Å²) in [5, 5.41) is 34.4. The summed E-state index contributed by atoms with van der Waals surface area (Å²) in [4.78, 5) is 60.3. The van der Waals surface area contributed by atoms with E-state index in [-0.39, 0.29) is 18.6 Å². The van der Waals surface area contributed by atoms with Gasteiger partial charge in [0, 0.05) is 6.42 Å². The third kappa shape index (κ3) is 9.43. The Bertz CT molecular complexity index is 1080. The molecule has 0 saturated heterocycles. The third-order valence-electron chi connectivity index (χ3n) is 5.07. The predicted octanol–water partition coefficient (Wildman–Crippen LogP) is -0.850. The van der Waals surface area contributed by atoms with Crippen LogP contribution in [0.15, 0.2) is 54.6 Å². The first-order chi connectivity index (χ1) is 17.0. The van der Waals surface area contributed by atoms with Crippen molar-refractivity contribution < 1.29 is 39.3 Å². The van der Waals surface area contributed by atoms with Crippen molar-refractivity contribution in [1.29, 1.82) is 0 Å². The second-order valence-corrected chi connectivity index (χ2v) is 8.00. The Balaban J connectivity index is 2.14. The molecule has 192 valence electrons. The Morgan fingerprint density at radius 3 is 1.89 bits per heavy atom. The lowest BCUT2D eigenvalue weighted by molar-refractivity contribution is -0.141. The Morgan fingerprint density at radius 1 is 0.722 bits per heavy atom. The molecule has 3 unspecified atom stereocenters. The van der Waals surface area contributed by atoms with E-state index in [4.69, 9.17) is 10.8 Å². The zero-order chi connectivity index (χ0) is 26.7. The molecule has 12 nitrogen and oxygen atoms in total. The lowest BCUT2D eigenvalue weighted by Crippen LogP contribution is -2.57. The van der Waals surface area contributed by atoms with Crippen molar-refractivity contribution in [2.24, 2.45) is 5.73 Å². The van der Waals surface area contributed by atoms with Gasteiger partial charge >= 0.3 is 11.9 Å². The zero-order valence-electron chi connectivity index (χ0n) is 19.2. The average Bonchev–Trinajstić information content (AvgIpc) is 2.83. The summed E-state index contributed by atoms with van der Waals surface area (Å²) in [6, 6.07) is 10.7. The molecule has 0 bridgehead atoms. The van der Waals surface area contributed by atoms with Crippen LogP contribution in [-0.4, -0.2) is 69.7 Å². The number of phenolic OH excluding ortho intramolecular Hbond substituents is 1. The van der Waals surface area contributed by atoms with Crippen molar-refractivity contribution in [2.75, 3.05) is 6.54 Å². The number of hydrogen-bond donors (Lipinski definition) is 7. The summed E-state index contributed by atoms with van der Waals surface area (Å²) in [5.74, 6) is -5.26. The Hall–Kier alpha value is -4.45. The first-order valence-electron chi connectivity index (χ1n) is 10.9. The summed E-state index contributed by atoms with van der Waals surface area (Å²) in [6.07, 6.45) is -0.730. The van der Waals surface area contributed by atoms with E-state index >= 15 is 0 Å². The first kappa shape index (κ1) is 27.8. The van der Waals surface area contributed by atoms with Crippen LogP contribution in [0.4, 0.5) is 0 Å². The summed E-state index contributed by atoms with van der Waals surface area (Å²) in [6.45, 7) is -0.704. The van der Waals surface area contributed by atoms with Gasteiger partial charge in [0.05, 0.1) is 12.5 Å². The highest BCUT2D eigenvalue weighted by atomic mass is 16.4. The highest BCUT2D eigenvalue weighted by Crippen LogP contribution is 2.12. The van der Waals surface area contributed by atoms with Crippen LogP contribution in [0.2, 0.25) is 0 Å². The van der Waals surface area contributed by atoms with Gasteiger partial charge in [0.15, 0.2) is 0 Å². The van der Waals surface area contributed by atoms with Gasteiger partial charge in [0.2, 0.25) is 17.7 Å². The number of nitrogens with one attached hydrogen (secondary N) is 3. The number of benzene rings is 2. The maximum absolute atomic E-state index is 12.9. The molecule has 2 rings (SSSR count). The molecule has 0 radical (unpaired) electrons. The van der Waals surface area contributed by atoms with Gasteiger partial charge in [0.25, 0.3) is 0 Å². The quantitative estimate of drug-likeness (QED) is 0.182. The van der Waals surface area contributed by atoms with E-state index in [2.05, 4.69) is 16.0 Å². The van der Waals surface area contributed by atoms with Gasteiger partial charge in [-0.1, -0.05) is 42.5 Å². The molecule has 0 aliphatic carbocycles. The van der Waals surface area contributed by atoms with Crippen LogP contribution >= 0.6 is 0 Å². The molecule has 12 heteroatoms. The van der Waals surface area contributed by atoms with Gasteiger partial charge in [-0.05, 0) is 29.7 Å². The number of nitrogens with two attached hydrogens (primary N) is 1. The maximum atomic E-state index is 12.9. The molecule has 0 aliphatic heterocycles. The largest absolute Gasteiger partial charge is 0.508 e. The molecule has 3 amide bonds. The summed E-state index contributed by atoms with van der Waals surface area (Å²) in [7, 11) is 0. The minimum atomic E-state index is -1.55. The number of aliphatic carboxylic acids is 2. The monoisotopic (exact) mass is 500 g/mol. The van der Waals surface area contributed by atoms with Gasteiger partial charge < -0.3 is 37.0 Å². The van der Waals surface area contributed by atoms with Crippen LogP contribution in [0.25, 0.3) is 0 Å². The Morgan fingerprint density at radius 2 is 1.31 bits per heavy atom. The van der Waals surface area contributed by atoms with Crippen molar-refractivity contribution in [1.82, 2.24) is 16.0 Å². The van der Waals surface area contributed by atoms with Crippen molar-refractivity contribution in [2.45, 2.75) is 37.4 Å². The van der Waals surface area contributed by atoms with Crippen LogP contribution in [0, 0.1) is 0 Å². The van der Waals surface area contributed by atoms with Crippen LogP contribution < -0.4 is 21.7 Å². The number of hydrogen-bond acceptors (Lipinski definition) is 7. The van der Waals surface area contributed by atoms with Crippen molar-refractivity contribution in [3.8, 4) is 5.75 Å². The van der Waals surface area contributed by atoms with Crippen LogP contribution in [0.5, 0.6) is 5.75 Å². The van der Waals surface area contributed by atoms with Gasteiger partial charge in [-0.15, -0.1) is 0 Å². The lowest BCUT2D eigenvalue weighted by Gasteiger charge is -2.23. The molecule has 8 N–H and O–H groups in total. The number of rotatable bonds is 13. The first-order valence-corrected chi connectivity index (χ1v) is 10.9. The fraction of sp³-hybridized carbons (Fsp3) is 0.292. The number of carbonyl (C=O) groups excluding carboxylic acids is 3. The second kappa shape index (κ2) is 13.4. The number of carboxylic acid groups (broad SMARTS) is 2. The number of aromatic hydroxyl groups is 1. The van der Waals surface area contributed by atoms with E-state index in [1.807, 2.05) is 0 Å². The molecule has 0 aliphatic rings.